The summed E-state index contributed by atoms with van der Waals surface area (Å²) >= 11 is 0. The maximum atomic E-state index is 12.4. The topological polar surface area (TPSA) is 34.1 Å². The lowest BCUT2D eigenvalue weighted by Crippen LogP contribution is -2.14. The van der Waals surface area contributed by atoms with E-state index in [9.17, 15) is 9.59 Å². The van der Waals surface area contributed by atoms with Gasteiger partial charge in [0, 0.05) is 22.3 Å². The van der Waals surface area contributed by atoms with Crippen LogP contribution in [0.3, 0.4) is 0 Å². The van der Waals surface area contributed by atoms with Crippen molar-refractivity contribution >= 4 is 11.6 Å². The Labute approximate surface area is 140 Å². The van der Waals surface area contributed by atoms with Gasteiger partial charge >= 0.3 is 0 Å². The van der Waals surface area contributed by atoms with Crippen molar-refractivity contribution in [1.82, 2.24) is 0 Å². The zero-order valence-corrected chi connectivity index (χ0v) is 12.9. The molecule has 0 N–H and O–H groups in total. The summed E-state index contributed by atoms with van der Waals surface area (Å²) in [5.41, 5.74) is 2.34. The van der Waals surface area contributed by atoms with Crippen LogP contribution in [0.1, 0.15) is 31.8 Å². The fraction of sp³-hybridized carbons (Fsp3) is 0. The summed E-state index contributed by atoms with van der Waals surface area (Å²) in [7, 11) is 0. The van der Waals surface area contributed by atoms with Crippen LogP contribution in [0.15, 0.2) is 84.9 Å². The molecule has 0 amide bonds. The molecule has 0 spiro atoms. The molecule has 3 rings (SSSR count). The van der Waals surface area contributed by atoms with E-state index in [0.717, 1.165) is 5.56 Å². The minimum Gasteiger partial charge on any atom is -0.285 e. The van der Waals surface area contributed by atoms with Crippen molar-refractivity contribution in [3.63, 3.8) is 0 Å². The minimum absolute atomic E-state index is 0.351. The second-order valence-corrected chi connectivity index (χ2v) is 5.22. The number of hydrogen-bond acceptors (Lipinski definition) is 2. The zero-order valence-electron chi connectivity index (χ0n) is 12.9. The molecule has 0 aliphatic carbocycles. The van der Waals surface area contributed by atoms with Crippen LogP contribution in [0.2, 0.25) is 0 Å². The van der Waals surface area contributed by atoms with Crippen molar-refractivity contribution in [1.29, 1.82) is 0 Å². The van der Waals surface area contributed by atoms with E-state index in [4.69, 9.17) is 0 Å². The highest BCUT2D eigenvalue weighted by Gasteiger charge is 2.17. The Kier molecular flexibility index (Phi) is 4.65. The van der Waals surface area contributed by atoms with Gasteiger partial charge in [0.15, 0.2) is 0 Å². The van der Waals surface area contributed by atoms with Crippen LogP contribution in [-0.2, 0) is 0 Å². The molecule has 0 saturated carbocycles. The van der Waals surface area contributed by atoms with Crippen molar-refractivity contribution in [3.8, 4) is 11.8 Å². The van der Waals surface area contributed by atoms with Gasteiger partial charge in [0.25, 0.3) is 0 Å². The third kappa shape index (κ3) is 3.66. The summed E-state index contributed by atoms with van der Waals surface area (Å²) in [5, 5.41) is 0. The average Bonchev–Trinajstić information content (AvgIpc) is 2.67. The monoisotopic (exact) mass is 310 g/mol. The summed E-state index contributed by atoms with van der Waals surface area (Å²) < 4.78 is 0. The van der Waals surface area contributed by atoms with E-state index in [1.165, 1.54) is 0 Å². The second kappa shape index (κ2) is 7.21. The molecule has 114 valence electrons. The summed E-state index contributed by atoms with van der Waals surface area (Å²) in [6, 6.07) is 25.0. The fourth-order valence-electron chi connectivity index (χ4n) is 2.26. The van der Waals surface area contributed by atoms with Gasteiger partial charge in [-0.05, 0) is 24.3 Å². The van der Waals surface area contributed by atoms with Crippen LogP contribution < -0.4 is 0 Å². The fourth-order valence-corrected chi connectivity index (χ4v) is 2.26. The molecule has 0 saturated heterocycles. The van der Waals surface area contributed by atoms with Gasteiger partial charge in [-0.2, -0.15) is 0 Å². The van der Waals surface area contributed by atoms with Gasteiger partial charge in [-0.25, -0.2) is 0 Å². The SMILES string of the molecule is O=C(C(=O)c1cccc(C#Cc2ccccc2)c1)c1ccccc1. The van der Waals surface area contributed by atoms with Crippen molar-refractivity contribution in [2.75, 3.05) is 0 Å². The predicted molar refractivity (Wildman–Crippen MR) is 94.0 cm³/mol. The molecule has 24 heavy (non-hydrogen) atoms. The lowest BCUT2D eigenvalue weighted by atomic mass is 10.00. The standard InChI is InChI=1S/C22H14O2/c23-21(19-11-5-2-6-12-19)22(24)20-13-7-10-18(16-20)15-14-17-8-3-1-4-9-17/h1-13,16H. The minimum atomic E-state index is -0.524. The van der Waals surface area contributed by atoms with Crippen molar-refractivity contribution in [2.24, 2.45) is 0 Å². The first-order valence-corrected chi connectivity index (χ1v) is 7.55. The van der Waals surface area contributed by atoms with E-state index >= 15 is 0 Å². The Morgan fingerprint density at radius 2 is 1.04 bits per heavy atom. The number of rotatable bonds is 3. The molecule has 0 unspecified atom stereocenters. The van der Waals surface area contributed by atoms with E-state index in [1.54, 1.807) is 48.5 Å². The molecular weight excluding hydrogens is 296 g/mol. The van der Waals surface area contributed by atoms with Crippen LogP contribution in [0.4, 0.5) is 0 Å². The first-order chi connectivity index (χ1) is 11.7. The van der Waals surface area contributed by atoms with E-state index < -0.39 is 11.6 Å². The Balaban J connectivity index is 1.84. The van der Waals surface area contributed by atoms with E-state index in [2.05, 4.69) is 11.8 Å². The van der Waals surface area contributed by atoms with Gasteiger partial charge in [-0.1, -0.05) is 72.5 Å². The highest BCUT2D eigenvalue weighted by molar-refractivity contribution is 6.49. The maximum absolute atomic E-state index is 12.4. The summed E-state index contributed by atoms with van der Waals surface area (Å²) in [4.78, 5) is 24.6. The quantitative estimate of drug-likeness (QED) is 0.414. The van der Waals surface area contributed by atoms with Gasteiger partial charge in [0.1, 0.15) is 0 Å². The average molecular weight is 310 g/mol. The molecule has 0 bridgehead atoms. The molecule has 0 aliphatic heterocycles. The highest BCUT2D eigenvalue weighted by atomic mass is 16.2. The number of Topliss-reactive ketones (excluding diaryl/α,β-unsaturated/α-hetero) is 2. The lowest BCUT2D eigenvalue weighted by Gasteiger charge is -2.01. The van der Waals surface area contributed by atoms with E-state index in [-0.39, 0.29) is 0 Å². The first-order valence-electron chi connectivity index (χ1n) is 7.55. The Bertz CT molecular complexity index is 930. The molecular formula is C22H14O2. The molecule has 2 nitrogen and oxygen atoms in total. The summed E-state index contributed by atoms with van der Waals surface area (Å²) in [6.45, 7) is 0. The van der Waals surface area contributed by atoms with Crippen molar-refractivity contribution in [2.45, 2.75) is 0 Å². The summed E-state index contributed by atoms with van der Waals surface area (Å²) in [6.07, 6.45) is 0. The van der Waals surface area contributed by atoms with E-state index in [0.29, 0.717) is 16.7 Å². The molecule has 0 heterocycles. The molecule has 0 fully saturated rings. The lowest BCUT2D eigenvalue weighted by molar-refractivity contribution is 0.0817. The van der Waals surface area contributed by atoms with E-state index in [1.807, 2.05) is 36.4 Å². The Hall–Kier alpha value is -3.44. The van der Waals surface area contributed by atoms with Gasteiger partial charge in [-0.3, -0.25) is 9.59 Å². The van der Waals surface area contributed by atoms with Gasteiger partial charge in [0.05, 0.1) is 0 Å². The predicted octanol–water partition coefficient (Wildman–Crippen LogP) is 4.15. The number of carbonyl (C=O) groups is 2. The number of benzene rings is 3. The third-order valence-electron chi connectivity index (χ3n) is 3.49. The molecule has 2 heteroatoms. The highest BCUT2D eigenvalue weighted by Crippen LogP contribution is 2.10. The van der Waals surface area contributed by atoms with Crippen LogP contribution >= 0.6 is 0 Å². The summed E-state index contributed by atoms with van der Waals surface area (Å²) in [5.74, 6) is 5.03. The molecule has 3 aromatic carbocycles. The normalized spacial score (nSPS) is 9.67. The molecule has 3 aromatic rings. The number of ketones is 2. The third-order valence-corrected chi connectivity index (χ3v) is 3.49. The maximum Gasteiger partial charge on any atom is 0.233 e. The second-order valence-electron chi connectivity index (χ2n) is 5.22. The van der Waals surface area contributed by atoms with Crippen molar-refractivity contribution < 1.29 is 9.59 Å². The number of hydrogen-bond donors (Lipinski definition) is 0. The Morgan fingerprint density at radius 3 is 1.75 bits per heavy atom. The Morgan fingerprint density at radius 1 is 0.542 bits per heavy atom. The van der Waals surface area contributed by atoms with Gasteiger partial charge in [0.2, 0.25) is 11.6 Å². The van der Waals surface area contributed by atoms with Crippen LogP contribution in [-0.4, -0.2) is 11.6 Å². The molecule has 0 radical (unpaired) electrons. The van der Waals surface area contributed by atoms with Crippen LogP contribution in [0.25, 0.3) is 0 Å². The van der Waals surface area contributed by atoms with Gasteiger partial charge < -0.3 is 0 Å². The smallest absolute Gasteiger partial charge is 0.233 e. The largest absolute Gasteiger partial charge is 0.285 e. The van der Waals surface area contributed by atoms with Gasteiger partial charge in [-0.15, -0.1) is 0 Å². The zero-order chi connectivity index (χ0) is 16.8. The molecule has 0 aliphatic rings. The van der Waals surface area contributed by atoms with Crippen LogP contribution in [0, 0.1) is 11.8 Å². The molecule has 0 aromatic heterocycles. The van der Waals surface area contributed by atoms with Crippen molar-refractivity contribution in [3.05, 3.63) is 107 Å². The van der Waals surface area contributed by atoms with Crippen LogP contribution in [0.5, 0.6) is 0 Å². The first kappa shape index (κ1) is 15.5. The number of carbonyl (C=O) groups excluding carboxylic acids is 2. The molecule has 0 atom stereocenters.